The van der Waals surface area contributed by atoms with Crippen LogP contribution in [0.15, 0.2) is 84.9 Å². The van der Waals surface area contributed by atoms with Crippen molar-refractivity contribution >= 4 is 11.6 Å². The number of anilines is 1. The molecule has 0 unspecified atom stereocenters. The molecule has 0 aliphatic heterocycles. The van der Waals surface area contributed by atoms with Gasteiger partial charge in [0.15, 0.2) is 0 Å². The van der Waals surface area contributed by atoms with Gasteiger partial charge in [0.1, 0.15) is 0 Å². The summed E-state index contributed by atoms with van der Waals surface area (Å²) in [6.45, 7) is 1.27. The first-order valence-corrected chi connectivity index (χ1v) is 8.01. The second-order valence-electron chi connectivity index (χ2n) is 5.58. The second-order valence-corrected chi connectivity index (χ2v) is 5.58. The molecule has 0 saturated carbocycles. The standard InChI is InChI=1S/C21H20N2O/c24-21(23-16-17-7-3-1-4-8-17)19-13-11-18(12-14-19)15-22-20-9-5-2-6-10-20/h1-14,22H,15-16H2,(H,23,24). The van der Waals surface area contributed by atoms with Crippen LogP contribution in [0.3, 0.4) is 0 Å². The predicted molar refractivity (Wildman–Crippen MR) is 97.8 cm³/mol. The van der Waals surface area contributed by atoms with E-state index in [-0.39, 0.29) is 5.91 Å². The fourth-order valence-electron chi connectivity index (χ4n) is 2.41. The molecule has 0 radical (unpaired) electrons. The Bertz CT molecular complexity index is 768. The minimum atomic E-state index is -0.0542. The number of carbonyl (C=O) groups excluding carboxylic acids is 1. The predicted octanol–water partition coefficient (Wildman–Crippen LogP) is 4.23. The van der Waals surface area contributed by atoms with Gasteiger partial charge in [-0.05, 0) is 35.4 Å². The van der Waals surface area contributed by atoms with E-state index < -0.39 is 0 Å². The van der Waals surface area contributed by atoms with E-state index in [1.165, 1.54) is 0 Å². The zero-order valence-electron chi connectivity index (χ0n) is 13.4. The number of benzene rings is 3. The molecule has 3 aromatic carbocycles. The summed E-state index contributed by atoms with van der Waals surface area (Å²) < 4.78 is 0. The van der Waals surface area contributed by atoms with E-state index in [0.29, 0.717) is 12.1 Å². The number of hydrogen-bond acceptors (Lipinski definition) is 2. The third-order valence-electron chi connectivity index (χ3n) is 3.78. The maximum atomic E-state index is 12.2. The molecule has 1 amide bonds. The molecule has 0 bridgehead atoms. The number of amides is 1. The van der Waals surface area contributed by atoms with Crippen molar-refractivity contribution in [2.75, 3.05) is 5.32 Å². The maximum absolute atomic E-state index is 12.2. The number of rotatable bonds is 6. The van der Waals surface area contributed by atoms with Gasteiger partial charge in [-0.1, -0.05) is 60.7 Å². The average Bonchev–Trinajstić information content (AvgIpc) is 2.66. The monoisotopic (exact) mass is 316 g/mol. The molecular formula is C21H20N2O. The molecule has 3 heteroatoms. The lowest BCUT2D eigenvalue weighted by molar-refractivity contribution is 0.0951. The van der Waals surface area contributed by atoms with Crippen LogP contribution in [0.25, 0.3) is 0 Å². The molecule has 3 nitrogen and oxygen atoms in total. The van der Waals surface area contributed by atoms with Crippen LogP contribution < -0.4 is 10.6 Å². The van der Waals surface area contributed by atoms with Gasteiger partial charge in [-0.3, -0.25) is 4.79 Å². The van der Waals surface area contributed by atoms with Gasteiger partial charge in [0.25, 0.3) is 5.91 Å². The van der Waals surface area contributed by atoms with E-state index in [4.69, 9.17) is 0 Å². The Balaban J connectivity index is 1.53. The lowest BCUT2D eigenvalue weighted by atomic mass is 10.1. The zero-order chi connectivity index (χ0) is 16.6. The van der Waals surface area contributed by atoms with Crippen LogP contribution in [0.4, 0.5) is 5.69 Å². The van der Waals surface area contributed by atoms with Crippen molar-refractivity contribution < 1.29 is 4.79 Å². The van der Waals surface area contributed by atoms with E-state index in [1.54, 1.807) is 0 Å². The summed E-state index contributed by atoms with van der Waals surface area (Å²) in [5.41, 5.74) is 3.99. The third kappa shape index (κ3) is 4.46. The molecule has 0 heterocycles. The van der Waals surface area contributed by atoms with Crippen LogP contribution in [0.1, 0.15) is 21.5 Å². The van der Waals surface area contributed by atoms with Gasteiger partial charge in [-0.2, -0.15) is 0 Å². The highest BCUT2D eigenvalue weighted by Gasteiger charge is 2.05. The molecule has 0 fully saturated rings. The van der Waals surface area contributed by atoms with Crippen LogP contribution in [-0.2, 0) is 13.1 Å². The summed E-state index contributed by atoms with van der Waals surface area (Å²) in [6, 6.07) is 27.7. The summed E-state index contributed by atoms with van der Waals surface area (Å²) >= 11 is 0. The largest absolute Gasteiger partial charge is 0.381 e. The Labute approximate surface area is 142 Å². The van der Waals surface area contributed by atoms with Crippen molar-refractivity contribution in [3.63, 3.8) is 0 Å². The van der Waals surface area contributed by atoms with Gasteiger partial charge in [0, 0.05) is 24.3 Å². The number of nitrogens with one attached hydrogen (secondary N) is 2. The van der Waals surface area contributed by atoms with Crippen molar-refractivity contribution in [3.8, 4) is 0 Å². The fraction of sp³-hybridized carbons (Fsp3) is 0.0952. The lowest BCUT2D eigenvalue weighted by Crippen LogP contribution is -2.22. The van der Waals surface area contributed by atoms with Crippen molar-refractivity contribution in [2.24, 2.45) is 0 Å². The fourth-order valence-corrected chi connectivity index (χ4v) is 2.41. The van der Waals surface area contributed by atoms with Gasteiger partial charge < -0.3 is 10.6 Å². The van der Waals surface area contributed by atoms with E-state index in [2.05, 4.69) is 10.6 Å². The highest BCUT2D eigenvalue weighted by molar-refractivity contribution is 5.94. The highest BCUT2D eigenvalue weighted by Crippen LogP contribution is 2.10. The minimum Gasteiger partial charge on any atom is -0.381 e. The molecule has 24 heavy (non-hydrogen) atoms. The number of hydrogen-bond donors (Lipinski definition) is 2. The van der Waals surface area contributed by atoms with Gasteiger partial charge in [-0.15, -0.1) is 0 Å². The molecule has 0 aliphatic rings. The van der Waals surface area contributed by atoms with Crippen molar-refractivity contribution in [3.05, 3.63) is 102 Å². The quantitative estimate of drug-likeness (QED) is 0.714. The van der Waals surface area contributed by atoms with Crippen LogP contribution in [0, 0.1) is 0 Å². The molecule has 2 N–H and O–H groups in total. The number of para-hydroxylation sites is 1. The van der Waals surface area contributed by atoms with Crippen LogP contribution in [0.2, 0.25) is 0 Å². The molecule has 3 rings (SSSR count). The highest BCUT2D eigenvalue weighted by atomic mass is 16.1. The molecule has 0 atom stereocenters. The summed E-state index contributed by atoms with van der Waals surface area (Å²) in [4.78, 5) is 12.2. The maximum Gasteiger partial charge on any atom is 0.251 e. The molecular weight excluding hydrogens is 296 g/mol. The van der Waals surface area contributed by atoms with E-state index in [1.807, 2.05) is 84.9 Å². The van der Waals surface area contributed by atoms with Crippen molar-refractivity contribution in [2.45, 2.75) is 13.1 Å². The molecule has 3 aromatic rings. The van der Waals surface area contributed by atoms with Gasteiger partial charge >= 0.3 is 0 Å². The first kappa shape index (κ1) is 15.8. The smallest absolute Gasteiger partial charge is 0.251 e. The first-order valence-electron chi connectivity index (χ1n) is 8.01. The SMILES string of the molecule is O=C(NCc1ccccc1)c1ccc(CNc2ccccc2)cc1. The molecule has 0 aliphatic carbocycles. The normalized spacial score (nSPS) is 10.2. The van der Waals surface area contributed by atoms with Gasteiger partial charge in [0.05, 0.1) is 0 Å². The van der Waals surface area contributed by atoms with Gasteiger partial charge in [-0.25, -0.2) is 0 Å². The van der Waals surface area contributed by atoms with E-state index >= 15 is 0 Å². The zero-order valence-corrected chi connectivity index (χ0v) is 13.4. The summed E-state index contributed by atoms with van der Waals surface area (Å²) in [5.74, 6) is -0.0542. The Kier molecular flexibility index (Phi) is 5.25. The minimum absolute atomic E-state index is 0.0542. The lowest BCUT2D eigenvalue weighted by Gasteiger charge is -2.08. The molecule has 0 aromatic heterocycles. The number of carbonyl (C=O) groups is 1. The molecule has 0 spiro atoms. The summed E-state index contributed by atoms with van der Waals surface area (Å²) in [6.07, 6.45) is 0. The Hall–Kier alpha value is -3.07. The Morgan fingerprint density at radius 2 is 1.25 bits per heavy atom. The van der Waals surface area contributed by atoms with Gasteiger partial charge in [0.2, 0.25) is 0 Å². The van der Waals surface area contributed by atoms with E-state index in [9.17, 15) is 4.79 Å². The van der Waals surface area contributed by atoms with Crippen LogP contribution in [-0.4, -0.2) is 5.91 Å². The topological polar surface area (TPSA) is 41.1 Å². The second kappa shape index (κ2) is 7.97. The molecule has 120 valence electrons. The first-order chi connectivity index (χ1) is 11.8. The average molecular weight is 316 g/mol. The summed E-state index contributed by atoms with van der Waals surface area (Å²) in [5, 5.41) is 6.29. The van der Waals surface area contributed by atoms with Crippen molar-refractivity contribution in [1.29, 1.82) is 0 Å². The van der Waals surface area contributed by atoms with Crippen molar-refractivity contribution in [1.82, 2.24) is 5.32 Å². The summed E-state index contributed by atoms with van der Waals surface area (Å²) in [7, 11) is 0. The van der Waals surface area contributed by atoms with Crippen LogP contribution >= 0.6 is 0 Å². The molecule has 0 saturated heterocycles. The Morgan fingerprint density at radius 3 is 1.92 bits per heavy atom. The third-order valence-corrected chi connectivity index (χ3v) is 3.78. The van der Waals surface area contributed by atoms with E-state index in [0.717, 1.165) is 23.4 Å². The van der Waals surface area contributed by atoms with Crippen LogP contribution in [0.5, 0.6) is 0 Å². The Morgan fingerprint density at radius 1 is 0.667 bits per heavy atom.